The molecule has 0 unspecified atom stereocenters. The zero-order chi connectivity index (χ0) is 22.8. The summed E-state index contributed by atoms with van der Waals surface area (Å²) in [6.45, 7) is 12.0. The molecule has 4 atom stereocenters. The summed E-state index contributed by atoms with van der Waals surface area (Å²) < 4.78 is 11.1. The Labute approximate surface area is 198 Å². The van der Waals surface area contributed by atoms with Gasteiger partial charge in [-0.3, -0.25) is 0 Å². The normalized spacial score (nSPS) is 25.6. The Hall–Kier alpha value is -1.29. The Morgan fingerprint density at radius 3 is 1.48 bits per heavy atom. The van der Waals surface area contributed by atoms with Crippen LogP contribution in [0.3, 0.4) is 0 Å². The van der Waals surface area contributed by atoms with Crippen LogP contribution in [0.2, 0.25) is 15.5 Å². The van der Waals surface area contributed by atoms with E-state index in [0.29, 0.717) is 27.7 Å². The van der Waals surface area contributed by atoms with Crippen LogP contribution in [0.25, 0.3) is 0 Å². The first-order valence-corrected chi connectivity index (χ1v) is 11.3. The molecule has 2 saturated heterocycles. The Morgan fingerprint density at radius 2 is 1.13 bits per heavy atom. The fourth-order valence-corrected chi connectivity index (χ4v) is 3.43. The number of aromatic nitrogens is 4. The maximum Gasteiger partial charge on any atom is 0.151 e. The summed E-state index contributed by atoms with van der Waals surface area (Å²) in [6.07, 6.45) is 1.26. The van der Waals surface area contributed by atoms with Crippen molar-refractivity contribution in [3.05, 3.63) is 39.7 Å². The molecule has 0 radical (unpaired) electrons. The van der Waals surface area contributed by atoms with Gasteiger partial charge in [0, 0.05) is 26.2 Å². The number of morpholine rings is 2. The first-order valence-electron chi connectivity index (χ1n) is 10.1. The van der Waals surface area contributed by atoms with Crippen molar-refractivity contribution in [2.75, 3.05) is 31.1 Å². The fourth-order valence-electron chi connectivity index (χ4n) is 3.12. The Balaban J connectivity index is 0.000000181. The lowest BCUT2D eigenvalue weighted by molar-refractivity contribution is -0.0166. The van der Waals surface area contributed by atoms with Crippen molar-refractivity contribution in [2.45, 2.75) is 52.1 Å². The third-order valence-electron chi connectivity index (χ3n) is 4.29. The predicted molar refractivity (Wildman–Crippen MR) is 124 cm³/mol. The van der Waals surface area contributed by atoms with Gasteiger partial charge < -0.3 is 19.7 Å². The molecule has 0 aliphatic carbocycles. The quantitative estimate of drug-likeness (QED) is 0.643. The van der Waals surface area contributed by atoms with Gasteiger partial charge in [-0.05, 0) is 52.0 Å². The zero-order valence-corrected chi connectivity index (χ0v) is 20.4. The molecule has 172 valence electrons. The Morgan fingerprint density at radius 1 is 0.710 bits per heavy atom. The predicted octanol–water partition coefficient (Wildman–Crippen LogP) is 3.91. The van der Waals surface area contributed by atoms with E-state index in [-0.39, 0.29) is 12.2 Å². The molecule has 2 fully saturated rings. The van der Waals surface area contributed by atoms with Crippen LogP contribution in [-0.2, 0) is 9.47 Å². The lowest BCUT2D eigenvalue weighted by Gasteiger charge is -2.35. The van der Waals surface area contributed by atoms with Gasteiger partial charge in [-0.15, -0.1) is 20.4 Å². The molecular formula is C20H29Cl3N6O2. The van der Waals surface area contributed by atoms with E-state index in [9.17, 15) is 0 Å². The SMILES string of the molecule is C[C@@H]1CN(c2ccc(Cl)nn2)C[C@H](C)O1.C[C@@H]1CNC[C@H](C)O1.Clc1ccc(Cl)nn1. The molecule has 4 rings (SSSR count). The number of hydrogen-bond acceptors (Lipinski definition) is 8. The molecule has 0 amide bonds. The number of anilines is 1. The van der Waals surface area contributed by atoms with Gasteiger partial charge in [-0.1, -0.05) is 34.8 Å². The minimum atomic E-state index is 0.228. The van der Waals surface area contributed by atoms with Crippen molar-refractivity contribution in [2.24, 2.45) is 0 Å². The van der Waals surface area contributed by atoms with Crippen molar-refractivity contribution in [1.29, 1.82) is 0 Å². The molecule has 8 nitrogen and oxygen atoms in total. The van der Waals surface area contributed by atoms with Crippen LogP contribution >= 0.6 is 34.8 Å². The van der Waals surface area contributed by atoms with Crippen LogP contribution in [-0.4, -0.2) is 71.0 Å². The minimum Gasteiger partial charge on any atom is -0.373 e. The minimum absolute atomic E-state index is 0.228. The number of hydrogen-bond donors (Lipinski definition) is 1. The summed E-state index contributed by atoms with van der Waals surface area (Å²) in [7, 11) is 0. The second-order valence-electron chi connectivity index (χ2n) is 7.47. The summed E-state index contributed by atoms with van der Waals surface area (Å²) in [6, 6.07) is 6.81. The highest BCUT2D eigenvalue weighted by atomic mass is 35.5. The number of rotatable bonds is 1. The number of nitrogens with zero attached hydrogens (tertiary/aromatic N) is 5. The first kappa shape index (κ1) is 26.0. The molecule has 2 aromatic heterocycles. The van der Waals surface area contributed by atoms with E-state index in [1.807, 2.05) is 6.07 Å². The Bertz CT molecular complexity index is 730. The van der Waals surface area contributed by atoms with Crippen LogP contribution in [0.5, 0.6) is 0 Å². The van der Waals surface area contributed by atoms with E-state index in [1.54, 1.807) is 18.2 Å². The van der Waals surface area contributed by atoms with E-state index in [2.05, 4.69) is 58.3 Å². The van der Waals surface area contributed by atoms with Crippen LogP contribution in [0.15, 0.2) is 24.3 Å². The molecule has 1 N–H and O–H groups in total. The molecular weight excluding hydrogens is 463 g/mol. The van der Waals surface area contributed by atoms with Gasteiger partial charge in [0.2, 0.25) is 0 Å². The molecule has 0 aromatic carbocycles. The van der Waals surface area contributed by atoms with Crippen molar-refractivity contribution in [3.63, 3.8) is 0 Å². The zero-order valence-electron chi connectivity index (χ0n) is 18.1. The molecule has 4 heterocycles. The van der Waals surface area contributed by atoms with Crippen molar-refractivity contribution >= 4 is 40.6 Å². The van der Waals surface area contributed by atoms with Gasteiger partial charge in [0.05, 0.1) is 24.4 Å². The standard InChI is InChI=1S/C10H14ClN3O.C6H13NO.C4H2Cl2N2/c1-7-5-14(6-8(2)15-7)10-4-3-9(11)12-13-10;1-5-3-7-4-6(2)8-5;5-3-1-2-4(6)8-7-3/h3-4,7-8H,5-6H2,1-2H3;5-7H,3-4H2,1-2H3;1-2H/t7-,8+;5-,6+;. The summed E-state index contributed by atoms with van der Waals surface area (Å²) in [5.74, 6) is 0.862. The largest absolute Gasteiger partial charge is 0.373 e. The highest BCUT2D eigenvalue weighted by Gasteiger charge is 2.23. The number of nitrogens with one attached hydrogen (secondary N) is 1. The molecule has 0 saturated carbocycles. The monoisotopic (exact) mass is 490 g/mol. The summed E-state index contributed by atoms with van der Waals surface area (Å²) in [4.78, 5) is 2.17. The molecule has 2 aromatic rings. The third-order valence-corrected chi connectivity index (χ3v) is 4.89. The van der Waals surface area contributed by atoms with Gasteiger partial charge in [0.15, 0.2) is 21.3 Å². The van der Waals surface area contributed by atoms with Gasteiger partial charge in [-0.25, -0.2) is 0 Å². The maximum atomic E-state index is 5.69. The molecule has 0 spiro atoms. The Kier molecular flexibility index (Phi) is 11.1. The molecule has 2 aliphatic rings. The van der Waals surface area contributed by atoms with Gasteiger partial charge in [0.1, 0.15) is 0 Å². The number of halogens is 3. The van der Waals surface area contributed by atoms with E-state index in [0.717, 1.165) is 32.0 Å². The van der Waals surface area contributed by atoms with E-state index in [4.69, 9.17) is 44.3 Å². The van der Waals surface area contributed by atoms with Crippen LogP contribution in [0.4, 0.5) is 5.82 Å². The second-order valence-corrected chi connectivity index (χ2v) is 8.63. The molecule has 0 bridgehead atoms. The average molecular weight is 492 g/mol. The smallest absolute Gasteiger partial charge is 0.151 e. The highest BCUT2D eigenvalue weighted by Crippen LogP contribution is 2.18. The maximum absolute atomic E-state index is 5.69. The summed E-state index contributed by atoms with van der Waals surface area (Å²) >= 11 is 16.4. The van der Waals surface area contributed by atoms with E-state index < -0.39 is 0 Å². The highest BCUT2D eigenvalue weighted by molar-refractivity contribution is 6.31. The van der Waals surface area contributed by atoms with Crippen molar-refractivity contribution < 1.29 is 9.47 Å². The van der Waals surface area contributed by atoms with Crippen LogP contribution < -0.4 is 10.2 Å². The third kappa shape index (κ3) is 10.2. The summed E-state index contributed by atoms with van der Waals surface area (Å²) in [5, 5.41) is 19.2. The lowest BCUT2D eigenvalue weighted by Crippen LogP contribution is -2.45. The van der Waals surface area contributed by atoms with Gasteiger partial charge in [-0.2, -0.15) is 0 Å². The lowest BCUT2D eigenvalue weighted by atomic mass is 10.2. The molecule has 31 heavy (non-hydrogen) atoms. The van der Waals surface area contributed by atoms with Gasteiger partial charge >= 0.3 is 0 Å². The molecule has 2 aliphatic heterocycles. The topological polar surface area (TPSA) is 85.3 Å². The van der Waals surface area contributed by atoms with Crippen molar-refractivity contribution in [1.82, 2.24) is 25.7 Å². The summed E-state index contributed by atoms with van der Waals surface area (Å²) in [5.41, 5.74) is 0. The second kappa shape index (κ2) is 13.3. The number of ether oxygens (including phenoxy) is 2. The molecule has 11 heteroatoms. The van der Waals surface area contributed by atoms with Crippen LogP contribution in [0, 0.1) is 0 Å². The van der Waals surface area contributed by atoms with Gasteiger partial charge in [0.25, 0.3) is 0 Å². The van der Waals surface area contributed by atoms with E-state index in [1.165, 1.54) is 0 Å². The first-order chi connectivity index (χ1) is 14.7. The van der Waals surface area contributed by atoms with Crippen molar-refractivity contribution in [3.8, 4) is 0 Å². The van der Waals surface area contributed by atoms with Crippen LogP contribution in [0.1, 0.15) is 27.7 Å². The van der Waals surface area contributed by atoms with E-state index >= 15 is 0 Å². The fraction of sp³-hybridized carbons (Fsp3) is 0.600. The average Bonchev–Trinajstić information content (AvgIpc) is 2.71.